The number of amides is 1. The number of fused-ring (bicyclic) bond motifs is 6. The third kappa shape index (κ3) is 6.43. The number of esters is 1. The third-order valence-corrected chi connectivity index (χ3v) is 10.6. The molecule has 4 aliphatic rings. The fourth-order valence-corrected chi connectivity index (χ4v) is 7.40. The second-order valence-electron chi connectivity index (χ2n) is 14.2. The maximum atomic E-state index is 14.4. The van der Waals surface area contributed by atoms with E-state index in [1.165, 1.54) is 62.4 Å². The predicted molar refractivity (Wildman–Crippen MR) is 185 cm³/mol. The molecule has 0 bridgehead atoms. The molecule has 20 heteroatoms. The lowest BCUT2D eigenvalue weighted by molar-refractivity contribution is -0.268. The molecule has 0 unspecified atom stereocenters. The molecule has 7 N–H and O–H groups in total. The van der Waals surface area contributed by atoms with E-state index in [1.54, 1.807) is 0 Å². The van der Waals surface area contributed by atoms with Gasteiger partial charge in [-0.25, -0.2) is 26.7 Å². The molecule has 0 aromatic heterocycles. The first-order valence-electron chi connectivity index (χ1n) is 17.8. The molecule has 4 aromatic rings. The van der Waals surface area contributed by atoms with Gasteiger partial charge in [0.1, 0.15) is 65.2 Å². The number of carbonyl (C=O) groups is 2. The lowest BCUT2D eigenvalue weighted by atomic mass is 9.77. The molecule has 2 fully saturated rings. The number of aliphatic hydroxyl groups is 6. The Morgan fingerprint density at radius 3 is 1.58 bits per heavy atom. The van der Waals surface area contributed by atoms with Crippen molar-refractivity contribution in [2.24, 2.45) is 0 Å². The van der Waals surface area contributed by atoms with E-state index in [-0.39, 0.29) is 50.9 Å². The molecule has 15 nitrogen and oxygen atoms in total. The van der Waals surface area contributed by atoms with E-state index in [2.05, 4.69) is 0 Å². The second kappa shape index (κ2) is 14.7. The van der Waals surface area contributed by atoms with Crippen molar-refractivity contribution in [2.75, 3.05) is 5.32 Å². The molecule has 1 spiro atoms. The molecule has 59 heavy (non-hydrogen) atoms. The molecule has 4 aliphatic heterocycles. The van der Waals surface area contributed by atoms with Gasteiger partial charge >= 0.3 is 5.97 Å². The maximum absolute atomic E-state index is 14.4. The summed E-state index contributed by atoms with van der Waals surface area (Å²) in [6, 6.07) is 11.9. The number of anilines is 1. The number of hydrogen-bond acceptors (Lipinski definition) is 14. The number of benzene rings is 4. The van der Waals surface area contributed by atoms with Crippen LogP contribution < -0.4 is 19.5 Å². The monoisotopic (exact) mass is 833 g/mol. The molecule has 4 aromatic carbocycles. The Balaban J connectivity index is 1.18. The fourth-order valence-electron chi connectivity index (χ4n) is 7.40. The lowest BCUT2D eigenvalue weighted by Gasteiger charge is -2.40. The molecular formula is C39H32F5NO14. The molecule has 4 heterocycles. The summed E-state index contributed by atoms with van der Waals surface area (Å²) in [5.74, 6) is -14.6. The van der Waals surface area contributed by atoms with Gasteiger partial charge in [0.25, 0.3) is 5.91 Å². The van der Waals surface area contributed by atoms with Crippen molar-refractivity contribution in [1.29, 1.82) is 0 Å². The van der Waals surface area contributed by atoms with E-state index in [0.717, 1.165) is 6.07 Å². The second-order valence-corrected chi connectivity index (χ2v) is 14.2. The average Bonchev–Trinajstić information content (AvgIpc) is 3.49. The van der Waals surface area contributed by atoms with Crippen molar-refractivity contribution in [2.45, 2.75) is 80.9 Å². The van der Waals surface area contributed by atoms with Crippen LogP contribution in [0.3, 0.4) is 0 Å². The first kappa shape index (κ1) is 40.3. The van der Waals surface area contributed by atoms with Crippen LogP contribution in [0.1, 0.15) is 51.3 Å². The fraction of sp³-hybridized carbons (Fsp3) is 0.333. The Labute approximate surface area is 328 Å². The number of nitrogens with one attached hydrogen (secondary N) is 1. The van der Waals surface area contributed by atoms with E-state index >= 15 is 0 Å². The third-order valence-electron chi connectivity index (χ3n) is 10.6. The molecule has 1 amide bonds. The highest BCUT2D eigenvalue weighted by Gasteiger charge is 2.54. The molecule has 0 radical (unpaired) electrons. The van der Waals surface area contributed by atoms with E-state index in [1.807, 2.05) is 5.32 Å². The van der Waals surface area contributed by atoms with Crippen LogP contribution in [0.15, 0.2) is 54.6 Å². The van der Waals surface area contributed by atoms with E-state index in [0.29, 0.717) is 0 Å². The normalized spacial score (nSPS) is 29.1. The quantitative estimate of drug-likeness (QED) is 0.0643. The summed E-state index contributed by atoms with van der Waals surface area (Å²) in [4.78, 5) is 26.6. The lowest BCUT2D eigenvalue weighted by Crippen LogP contribution is -2.58. The molecule has 0 saturated carbocycles. The van der Waals surface area contributed by atoms with Crippen molar-refractivity contribution in [3.05, 3.63) is 112 Å². The Bertz CT molecular complexity index is 2270. The van der Waals surface area contributed by atoms with Crippen LogP contribution in [0, 0.1) is 29.1 Å². The Hall–Kier alpha value is -5.45. The van der Waals surface area contributed by atoms with Crippen LogP contribution in [0.25, 0.3) is 0 Å². The van der Waals surface area contributed by atoms with Crippen LogP contribution >= 0.6 is 0 Å². The number of carbonyl (C=O) groups excluding carboxylic acids is 2. The van der Waals surface area contributed by atoms with Crippen molar-refractivity contribution >= 4 is 17.6 Å². The van der Waals surface area contributed by atoms with Crippen LogP contribution in [-0.2, 0) is 19.8 Å². The minimum absolute atomic E-state index is 0.00518. The van der Waals surface area contributed by atoms with Crippen LogP contribution in [0.2, 0.25) is 0 Å². The van der Waals surface area contributed by atoms with Gasteiger partial charge in [0.15, 0.2) is 28.9 Å². The molecule has 2 saturated heterocycles. The Morgan fingerprint density at radius 1 is 0.627 bits per heavy atom. The van der Waals surface area contributed by atoms with Crippen LogP contribution in [0.4, 0.5) is 27.6 Å². The number of aliphatic hydroxyl groups excluding tert-OH is 6. The van der Waals surface area contributed by atoms with Gasteiger partial charge in [-0.15, -0.1) is 0 Å². The zero-order valence-electron chi connectivity index (χ0n) is 30.3. The Morgan fingerprint density at radius 2 is 1.08 bits per heavy atom. The summed E-state index contributed by atoms with van der Waals surface area (Å²) >= 11 is 0. The summed E-state index contributed by atoms with van der Waals surface area (Å²) in [5, 5.41) is 64.0. The first-order chi connectivity index (χ1) is 27.9. The summed E-state index contributed by atoms with van der Waals surface area (Å²) in [6.07, 6.45) is -14.3. The minimum Gasteiger partial charge on any atom is -0.462 e. The number of halogens is 5. The van der Waals surface area contributed by atoms with Crippen molar-refractivity contribution < 1.29 is 90.6 Å². The van der Waals surface area contributed by atoms with E-state index in [4.69, 9.17) is 28.4 Å². The smallest absolute Gasteiger partial charge is 0.340 e. The van der Waals surface area contributed by atoms with Gasteiger partial charge in [-0.2, -0.15) is 0 Å². The topological polar surface area (TPSA) is 223 Å². The zero-order chi connectivity index (χ0) is 42.4. The Kier molecular flexibility index (Phi) is 10.0. The summed E-state index contributed by atoms with van der Waals surface area (Å²) in [7, 11) is 0. The van der Waals surface area contributed by atoms with Gasteiger partial charge in [-0.05, 0) is 50.2 Å². The number of hydrogen-bond donors (Lipinski definition) is 7. The van der Waals surface area contributed by atoms with Crippen molar-refractivity contribution in [3.8, 4) is 23.0 Å². The average molecular weight is 834 g/mol. The summed E-state index contributed by atoms with van der Waals surface area (Å²) in [6.45, 7) is 2.91. The maximum Gasteiger partial charge on any atom is 0.340 e. The van der Waals surface area contributed by atoms with Gasteiger partial charge in [-0.1, -0.05) is 6.07 Å². The van der Waals surface area contributed by atoms with Gasteiger partial charge in [0.2, 0.25) is 18.4 Å². The minimum atomic E-state index is -2.46. The van der Waals surface area contributed by atoms with E-state index < -0.39 is 114 Å². The van der Waals surface area contributed by atoms with Gasteiger partial charge in [0, 0.05) is 34.5 Å². The molecule has 0 aliphatic carbocycles. The molecule has 312 valence electrons. The molecule has 10 atom stereocenters. The number of ether oxygens (including phenoxy) is 6. The van der Waals surface area contributed by atoms with Gasteiger partial charge < -0.3 is 64.4 Å². The van der Waals surface area contributed by atoms with Crippen LogP contribution in [0.5, 0.6) is 23.0 Å². The highest BCUT2D eigenvalue weighted by Crippen LogP contribution is 2.57. The van der Waals surface area contributed by atoms with Crippen LogP contribution in [-0.4, -0.2) is 104 Å². The van der Waals surface area contributed by atoms with Gasteiger partial charge in [-0.3, -0.25) is 4.79 Å². The highest BCUT2D eigenvalue weighted by molar-refractivity contribution is 6.06. The van der Waals surface area contributed by atoms with E-state index in [9.17, 15) is 62.2 Å². The molecular weight excluding hydrogens is 801 g/mol. The summed E-state index contributed by atoms with van der Waals surface area (Å²) in [5.41, 5.74) is -3.64. The SMILES string of the molecule is C[C@H]1O[C@@H](Oc2ccc3c(c2)Oc2cc(O[C@@H]4O[C@H](C)[C@@H](O)[C@H](O)[C@H]4O)ccc2C32OC(=O)c3cc(NC(=O)c4c(F)c(F)c(F)c(F)c4F)ccc32)[C@H](O)[C@@H](O)[C@@H]1O. The highest BCUT2D eigenvalue weighted by atomic mass is 19.2. The zero-order valence-corrected chi connectivity index (χ0v) is 30.3. The van der Waals surface area contributed by atoms with Crippen molar-refractivity contribution in [3.63, 3.8) is 0 Å². The largest absolute Gasteiger partial charge is 0.462 e. The van der Waals surface area contributed by atoms with Gasteiger partial charge in [0.05, 0.1) is 17.8 Å². The standard InChI is InChI=1S/C39H32F5NO14/c1-12-29(46)31(48)33(50)37(54-12)56-15-4-7-19-21(10-15)58-22-11-16(57-38-34(51)32(49)30(47)13(2)55-38)5-8-20(22)39(19)18-6-3-14(9-17(18)36(53)59-39)45-35(52)23-24(40)26(42)28(44)27(43)25(23)41/h3-13,29-34,37-38,46-51H,1-2H3,(H,45,52)/t12-,13-,29-,30-,31+,32+,33-,34-,37+,38+/m1/s1. The molecule has 8 rings (SSSR count). The first-order valence-corrected chi connectivity index (χ1v) is 17.8. The van der Waals surface area contributed by atoms with Crippen molar-refractivity contribution in [1.82, 2.24) is 0 Å². The predicted octanol–water partition coefficient (Wildman–Crippen LogP) is 2.62. The summed E-state index contributed by atoms with van der Waals surface area (Å²) < 4.78 is 105. The number of rotatable bonds is 6.